The van der Waals surface area contributed by atoms with Crippen molar-refractivity contribution in [3.05, 3.63) is 46.6 Å². The third-order valence-electron chi connectivity index (χ3n) is 10.6. The fourth-order valence-corrected chi connectivity index (χ4v) is 8.22. The minimum atomic E-state index is -0.670. The van der Waals surface area contributed by atoms with Gasteiger partial charge in [0.15, 0.2) is 0 Å². The number of esters is 2. The van der Waals surface area contributed by atoms with E-state index in [1.54, 1.807) is 6.92 Å². The molecule has 1 fully saturated rings. The minimum absolute atomic E-state index is 0.00204. The number of hydrogen-bond acceptors (Lipinski definition) is 6. The fourth-order valence-electron chi connectivity index (χ4n) is 8.22. The van der Waals surface area contributed by atoms with Crippen LogP contribution in [0.3, 0.4) is 0 Å². The van der Waals surface area contributed by atoms with Crippen LogP contribution in [0, 0.1) is 28.6 Å². The van der Waals surface area contributed by atoms with Gasteiger partial charge in [0.25, 0.3) is 0 Å². The summed E-state index contributed by atoms with van der Waals surface area (Å²) in [6, 6.07) is 0. The zero-order valence-corrected chi connectivity index (χ0v) is 22.3. The number of aliphatic hydroxyl groups excluding tert-OH is 2. The molecule has 8 atom stereocenters. The predicted octanol–water partition coefficient (Wildman–Crippen LogP) is 4.57. The van der Waals surface area contributed by atoms with E-state index in [1.165, 1.54) is 6.08 Å². The molecule has 2 aliphatic heterocycles. The number of allylic oxidation sites excluding steroid dienone is 1. The van der Waals surface area contributed by atoms with Crippen LogP contribution in [0.5, 0.6) is 0 Å². The molecule has 0 radical (unpaired) electrons. The van der Waals surface area contributed by atoms with Crippen molar-refractivity contribution in [2.45, 2.75) is 97.6 Å². The maximum atomic E-state index is 12.3. The molecule has 196 valence electrons. The Hall–Kier alpha value is -2.18. The maximum Gasteiger partial charge on any atom is 0.333 e. The topological polar surface area (TPSA) is 93.1 Å². The van der Waals surface area contributed by atoms with E-state index in [0.29, 0.717) is 24.8 Å². The number of aliphatic hydroxyl groups is 2. The molecule has 1 saturated carbocycles. The van der Waals surface area contributed by atoms with E-state index in [-0.39, 0.29) is 41.2 Å². The summed E-state index contributed by atoms with van der Waals surface area (Å²) in [5.41, 5.74) is 2.10. The highest BCUT2D eigenvalue weighted by Gasteiger charge is 2.65. The number of hydrogen-bond donors (Lipinski definition) is 2. The van der Waals surface area contributed by atoms with Crippen LogP contribution >= 0.6 is 0 Å². The Kier molecular flexibility index (Phi) is 5.96. The first-order valence-electron chi connectivity index (χ1n) is 13.4. The van der Waals surface area contributed by atoms with Crippen molar-refractivity contribution in [2.24, 2.45) is 28.6 Å². The number of rotatable bonds is 2. The van der Waals surface area contributed by atoms with Gasteiger partial charge in [-0.2, -0.15) is 0 Å². The normalized spacial score (nSPS) is 42.6. The lowest BCUT2D eigenvalue weighted by atomic mass is 9.51. The average Bonchev–Trinajstić information content (AvgIpc) is 2.95. The van der Waals surface area contributed by atoms with Crippen LogP contribution in [0.4, 0.5) is 0 Å². The van der Waals surface area contributed by atoms with Crippen LogP contribution in [-0.2, 0) is 19.1 Å². The van der Waals surface area contributed by atoms with E-state index in [1.807, 2.05) is 26.0 Å². The second-order valence-corrected chi connectivity index (χ2v) is 12.7. The summed E-state index contributed by atoms with van der Waals surface area (Å²) in [6.45, 7) is 12.2. The Labute approximate surface area is 214 Å². The molecule has 8 unspecified atom stereocenters. The molecule has 6 nitrogen and oxygen atoms in total. The highest BCUT2D eigenvalue weighted by molar-refractivity contribution is 5.88. The zero-order valence-electron chi connectivity index (χ0n) is 22.3. The maximum absolute atomic E-state index is 12.3. The Bertz CT molecular complexity index is 1110. The number of ether oxygens (including phenoxy) is 2. The van der Waals surface area contributed by atoms with Crippen LogP contribution in [-0.4, -0.2) is 46.1 Å². The van der Waals surface area contributed by atoms with Crippen LogP contribution < -0.4 is 0 Å². The van der Waals surface area contributed by atoms with Gasteiger partial charge in [-0.3, -0.25) is 0 Å². The van der Waals surface area contributed by atoms with E-state index in [4.69, 9.17) is 9.47 Å². The number of cyclic esters (lactones) is 2. The lowest BCUT2D eigenvalue weighted by Crippen LogP contribution is -2.51. The van der Waals surface area contributed by atoms with Gasteiger partial charge in [0, 0.05) is 29.4 Å². The van der Waals surface area contributed by atoms with Crippen molar-refractivity contribution in [1.29, 1.82) is 0 Å². The first-order valence-corrected chi connectivity index (χ1v) is 13.4. The molecule has 2 N–H and O–H groups in total. The summed E-state index contributed by atoms with van der Waals surface area (Å²) < 4.78 is 11.6. The molecule has 3 aliphatic carbocycles. The minimum Gasteiger partial charge on any atom is -0.458 e. The molecule has 0 aromatic heterocycles. The first kappa shape index (κ1) is 25.5. The monoisotopic (exact) mass is 496 g/mol. The molecule has 5 aliphatic rings. The molecule has 0 bridgehead atoms. The Balaban J connectivity index is 1.54. The van der Waals surface area contributed by atoms with E-state index in [9.17, 15) is 19.8 Å². The van der Waals surface area contributed by atoms with E-state index >= 15 is 0 Å². The molecule has 5 rings (SSSR count). The van der Waals surface area contributed by atoms with Crippen molar-refractivity contribution in [1.82, 2.24) is 0 Å². The highest BCUT2D eigenvalue weighted by Crippen LogP contribution is 2.68. The van der Waals surface area contributed by atoms with Gasteiger partial charge >= 0.3 is 11.9 Å². The van der Waals surface area contributed by atoms with Crippen molar-refractivity contribution in [3.63, 3.8) is 0 Å². The van der Waals surface area contributed by atoms with Crippen molar-refractivity contribution in [2.75, 3.05) is 0 Å². The summed E-state index contributed by atoms with van der Waals surface area (Å²) in [4.78, 5) is 24.4. The van der Waals surface area contributed by atoms with Gasteiger partial charge in [0.1, 0.15) is 11.7 Å². The first-order chi connectivity index (χ1) is 16.8. The van der Waals surface area contributed by atoms with E-state index < -0.39 is 23.2 Å². The largest absolute Gasteiger partial charge is 0.458 e. The molecule has 2 heterocycles. The van der Waals surface area contributed by atoms with Crippen LogP contribution in [0.1, 0.15) is 73.6 Å². The fraction of sp³-hybridized carbons (Fsp3) is 0.667. The molecular weight excluding hydrogens is 456 g/mol. The summed E-state index contributed by atoms with van der Waals surface area (Å²) in [5.74, 6) is -0.472. The molecule has 0 spiro atoms. The van der Waals surface area contributed by atoms with Crippen molar-refractivity contribution in [3.8, 4) is 0 Å². The van der Waals surface area contributed by atoms with Crippen molar-refractivity contribution < 1.29 is 29.3 Å². The summed E-state index contributed by atoms with van der Waals surface area (Å²) in [6.07, 6.45) is 9.18. The predicted molar refractivity (Wildman–Crippen MR) is 136 cm³/mol. The van der Waals surface area contributed by atoms with E-state index in [2.05, 4.69) is 26.8 Å². The third kappa shape index (κ3) is 3.59. The Morgan fingerprint density at radius 3 is 2.53 bits per heavy atom. The molecule has 0 aromatic carbocycles. The molecule has 0 aromatic rings. The highest BCUT2D eigenvalue weighted by atomic mass is 16.6. The molecule has 6 heteroatoms. The number of fused-ring (bicyclic) bond motifs is 3. The second-order valence-electron chi connectivity index (χ2n) is 12.7. The van der Waals surface area contributed by atoms with Crippen molar-refractivity contribution >= 4 is 11.9 Å². The van der Waals surface area contributed by atoms with Gasteiger partial charge in [-0.1, -0.05) is 44.6 Å². The molecule has 0 amide bonds. The smallest absolute Gasteiger partial charge is 0.333 e. The van der Waals surface area contributed by atoms with Gasteiger partial charge in [-0.25, -0.2) is 9.59 Å². The summed E-state index contributed by atoms with van der Waals surface area (Å²) in [5, 5.41) is 23.2. The molecule has 0 saturated heterocycles. The van der Waals surface area contributed by atoms with Crippen LogP contribution in [0.2, 0.25) is 0 Å². The Morgan fingerprint density at radius 2 is 1.83 bits per heavy atom. The van der Waals surface area contributed by atoms with Gasteiger partial charge in [-0.05, 0) is 74.9 Å². The Morgan fingerprint density at radius 1 is 1.11 bits per heavy atom. The quantitative estimate of drug-likeness (QED) is 0.544. The number of carbonyl (C=O) groups excluding carboxylic acids is 2. The SMILES string of the molecule is CC1=CCC(C(C)C2CC(O)C3(C)C4=C(C=C5C=CC(=O)OC(C)(C)C5CC4)C(O)CC23C)OC1=O. The standard InChI is InChI=1S/C30H40O6/c1-16-7-11-24(35-27(16)34)17(2)22-14-25(32)30(6)21-10-9-20-18(8-12-26(33)36-28(20,3)4)13-19(21)23(31)15-29(22,30)5/h7-8,12-13,17,20,22-25,31-32H,9-11,14-15H2,1-6H3. The lowest BCUT2D eigenvalue weighted by molar-refractivity contribution is -0.153. The zero-order chi connectivity index (χ0) is 26.2. The van der Waals surface area contributed by atoms with Crippen LogP contribution in [0.25, 0.3) is 0 Å². The number of carbonyl (C=O) groups is 2. The molecule has 36 heavy (non-hydrogen) atoms. The van der Waals surface area contributed by atoms with E-state index in [0.717, 1.165) is 29.6 Å². The summed E-state index contributed by atoms with van der Waals surface area (Å²) >= 11 is 0. The van der Waals surface area contributed by atoms with Crippen LogP contribution in [0.15, 0.2) is 46.6 Å². The lowest BCUT2D eigenvalue weighted by Gasteiger charge is -2.54. The van der Waals surface area contributed by atoms with Gasteiger partial charge in [-0.15, -0.1) is 0 Å². The van der Waals surface area contributed by atoms with Gasteiger partial charge < -0.3 is 19.7 Å². The van der Waals surface area contributed by atoms with Gasteiger partial charge in [0.2, 0.25) is 0 Å². The average molecular weight is 497 g/mol. The van der Waals surface area contributed by atoms with Gasteiger partial charge in [0.05, 0.1) is 12.2 Å². The second kappa shape index (κ2) is 8.42. The molecular formula is C30H40O6. The summed E-state index contributed by atoms with van der Waals surface area (Å²) in [7, 11) is 0. The third-order valence-corrected chi connectivity index (χ3v) is 10.6.